The quantitative estimate of drug-likeness (QED) is 0.416. The van der Waals surface area contributed by atoms with Gasteiger partial charge in [-0.15, -0.1) is 0 Å². The van der Waals surface area contributed by atoms with Gasteiger partial charge in [-0.1, -0.05) is 36.8 Å². The number of para-hydroxylation sites is 1. The normalized spacial score (nSPS) is 10.5. The molecule has 2 aromatic carbocycles. The second-order valence-corrected chi connectivity index (χ2v) is 6.18. The van der Waals surface area contributed by atoms with Gasteiger partial charge in [0.25, 0.3) is 0 Å². The largest absolute Gasteiger partial charge is 0.464 e. The van der Waals surface area contributed by atoms with Crippen LogP contribution in [0, 0.1) is 6.92 Å². The first-order valence-corrected chi connectivity index (χ1v) is 9.25. The lowest BCUT2D eigenvalue weighted by Crippen LogP contribution is -2.12. The first kappa shape index (κ1) is 20.0. The molecule has 4 heteroatoms. The fourth-order valence-corrected chi connectivity index (χ4v) is 2.59. The molecular formula is C22H28O4. The number of ether oxygens (including phenoxy) is 3. The second-order valence-electron chi connectivity index (χ2n) is 6.18. The summed E-state index contributed by atoms with van der Waals surface area (Å²) in [6.07, 6.45) is 4.15. The monoisotopic (exact) mass is 356 g/mol. The predicted octanol–water partition coefficient (Wildman–Crippen LogP) is 5.08. The van der Waals surface area contributed by atoms with Crippen molar-refractivity contribution >= 4 is 5.97 Å². The van der Waals surface area contributed by atoms with Crippen LogP contribution < -0.4 is 4.74 Å². The van der Waals surface area contributed by atoms with Gasteiger partial charge in [0.2, 0.25) is 0 Å². The summed E-state index contributed by atoms with van der Waals surface area (Å²) in [5.74, 6) is 1.46. The highest BCUT2D eigenvalue weighted by Gasteiger charge is 2.02. The maximum atomic E-state index is 11.1. The molecule has 4 nitrogen and oxygen atoms in total. The molecule has 140 valence electrons. The third-order valence-electron chi connectivity index (χ3n) is 4.02. The van der Waals surface area contributed by atoms with Crippen LogP contribution in [-0.2, 0) is 20.7 Å². The Bertz CT molecular complexity index is 664. The Morgan fingerprint density at radius 1 is 0.962 bits per heavy atom. The zero-order valence-corrected chi connectivity index (χ0v) is 15.7. The number of aryl methyl sites for hydroxylation is 2. The van der Waals surface area contributed by atoms with Gasteiger partial charge in [0.1, 0.15) is 18.1 Å². The Hall–Kier alpha value is -2.33. The third kappa shape index (κ3) is 7.28. The molecule has 0 fully saturated rings. The smallest absolute Gasteiger partial charge is 0.332 e. The molecule has 0 aliphatic carbocycles. The van der Waals surface area contributed by atoms with Gasteiger partial charge < -0.3 is 14.2 Å². The van der Waals surface area contributed by atoms with E-state index in [4.69, 9.17) is 14.2 Å². The van der Waals surface area contributed by atoms with Crippen molar-refractivity contribution in [2.45, 2.75) is 39.5 Å². The summed E-state index contributed by atoms with van der Waals surface area (Å²) in [5.41, 5.74) is 2.43. The minimum atomic E-state index is -0.291. The molecule has 0 saturated carbocycles. The Labute approximate surface area is 156 Å². The molecule has 0 spiro atoms. The van der Waals surface area contributed by atoms with Crippen LogP contribution in [0.4, 0.5) is 0 Å². The Kier molecular flexibility index (Phi) is 8.70. The van der Waals surface area contributed by atoms with E-state index in [1.54, 1.807) is 6.92 Å². The lowest BCUT2D eigenvalue weighted by molar-refractivity contribution is -0.148. The Morgan fingerprint density at radius 2 is 1.73 bits per heavy atom. The minimum Gasteiger partial charge on any atom is -0.464 e. The van der Waals surface area contributed by atoms with Crippen molar-refractivity contribution in [2.75, 3.05) is 19.8 Å². The molecule has 0 unspecified atom stereocenters. The van der Waals surface area contributed by atoms with Crippen molar-refractivity contribution < 1.29 is 19.0 Å². The average Bonchev–Trinajstić information content (AvgIpc) is 2.64. The van der Waals surface area contributed by atoms with E-state index in [1.807, 2.05) is 43.3 Å². The molecular weight excluding hydrogens is 328 g/mol. The fraction of sp³-hybridized carbons (Fsp3) is 0.409. The molecule has 0 N–H and O–H groups in total. The number of hydrogen-bond donors (Lipinski definition) is 0. The van der Waals surface area contributed by atoms with Crippen molar-refractivity contribution in [1.82, 2.24) is 0 Å². The number of benzene rings is 2. The van der Waals surface area contributed by atoms with Gasteiger partial charge in [-0.2, -0.15) is 0 Å². The van der Waals surface area contributed by atoms with Crippen LogP contribution in [0.15, 0.2) is 48.5 Å². The number of hydrogen-bond acceptors (Lipinski definition) is 4. The topological polar surface area (TPSA) is 44.8 Å². The zero-order valence-electron chi connectivity index (χ0n) is 15.7. The molecule has 0 saturated heterocycles. The van der Waals surface area contributed by atoms with E-state index in [2.05, 4.69) is 12.1 Å². The highest BCUT2D eigenvalue weighted by atomic mass is 16.6. The molecule has 26 heavy (non-hydrogen) atoms. The first-order valence-electron chi connectivity index (χ1n) is 9.25. The van der Waals surface area contributed by atoms with Crippen LogP contribution in [-0.4, -0.2) is 25.8 Å². The molecule has 0 amide bonds. The number of rotatable bonds is 11. The van der Waals surface area contributed by atoms with E-state index >= 15 is 0 Å². The highest BCUT2D eigenvalue weighted by Crippen LogP contribution is 2.25. The van der Waals surface area contributed by atoms with Gasteiger partial charge in [0, 0.05) is 6.61 Å². The summed E-state index contributed by atoms with van der Waals surface area (Å²) in [5, 5.41) is 0. The summed E-state index contributed by atoms with van der Waals surface area (Å²) in [6, 6.07) is 16.3. The van der Waals surface area contributed by atoms with Crippen LogP contribution in [0.5, 0.6) is 11.5 Å². The van der Waals surface area contributed by atoms with Crippen molar-refractivity contribution in [3.63, 3.8) is 0 Å². The molecule has 0 bridgehead atoms. The summed E-state index contributed by atoms with van der Waals surface area (Å²) < 4.78 is 16.0. The van der Waals surface area contributed by atoms with E-state index in [9.17, 15) is 4.79 Å². The molecule has 0 atom stereocenters. The van der Waals surface area contributed by atoms with Crippen LogP contribution in [0.2, 0.25) is 0 Å². The molecule has 2 aromatic rings. The van der Waals surface area contributed by atoms with E-state index in [0.717, 1.165) is 42.7 Å². The van der Waals surface area contributed by atoms with Gasteiger partial charge >= 0.3 is 5.97 Å². The average molecular weight is 356 g/mol. The van der Waals surface area contributed by atoms with E-state index < -0.39 is 0 Å². The SMILES string of the molecule is CCOC(=O)COCCCCCc1ccc(Oc2ccccc2C)cc1. The lowest BCUT2D eigenvalue weighted by Gasteiger charge is -2.09. The van der Waals surface area contributed by atoms with Gasteiger partial charge in [-0.3, -0.25) is 0 Å². The number of carbonyl (C=O) groups excluding carboxylic acids is 1. The fourth-order valence-electron chi connectivity index (χ4n) is 2.59. The van der Waals surface area contributed by atoms with E-state index in [1.165, 1.54) is 5.56 Å². The maximum Gasteiger partial charge on any atom is 0.332 e. The van der Waals surface area contributed by atoms with E-state index in [0.29, 0.717) is 13.2 Å². The second kappa shape index (κ2) is 11.3. The third-order valence-corrected chi connectivity index (χ3v) is 4.02. The zero-order chi connectivity index (χ0) is 18.6. The van der Waals surface area contributed by atoms with Gasteiger partial charge in [0.15, 0.2) is 0 Å². The number of esters is 1. The Morgan fingerprint density at radius 3 is 2.46 bits per heavy atom. The molecule has 0 aromatic heterocycles. The van der Waals surface area contributed by atoms with Crippen LogP contribution in [0.3, 0.4) is 0 Å². The molecule has 0 aliphatic rings. The standard InChI is InChI=1S/C22H28O4/c1-3-25-22(23)17-24-16-8-4-5-10-19-12-14-20(15-13-19)26-21-11-7-6-9-18(21)2/h6-7,9,11-15H,3-5,8,10,16-17H2,1-2H3. The van der Waals surface area contributed by atoms with Crippen molar-refractivity contribution in [1.29, 1.82) is 0 Å². The molecule has 0 heterocycles. The number of unbranched alkanes of at least 4 members (excludes halogenated alkanes) is 2. The van der Waals surface area contributed by atoms with Crippen LogP contribution in [0.1, 0.15) is 37.3 Å². The predicted molar refractivity (Wildman–Crippen MR) is 103 cm³/mol. The molecule has 2 rings (SSSR count). The van der Waals surface area contributed by atoms with Gasteiger partial charge in [-0.25, -0.2) is 4.79 Å². The summed E-state index contributed by atoms with van der Waals surface area (Å²) >= 11 is 0. The molecule has 0 radical (unpaired) electrons. The highest BCUT2D eigenvalue weighted by molar-refractivity contribution is 5.70. The lowest BCUT2D eigenvalue weighted by atomic mass is 10.1. The molecule has 0 aliphatic heterocycles. The first-order chi connectivity index (χ1) is 12.7. The summed E-state index contributed by atoms with van der Waals surface area (Å²) in [6.45, 7) is 4.88. The maximum absolute atomic E-state index is 11.1. The van der Waals surface area contributed by atoms with Crippen molar-refractivity contribution in [3.8, 4) is 11.5 Å². The van der Waals surface area contributed by atoms with Crippen LogP contribution >= 0.6 is 0 Å². The summed E-state index contributed by atoms with van der Waals surface area (Å²) in [4.78, 5) is 11.1. The van der Waals surface area contributed by atoms with Crippen LogP contribution in [0.25, 0.3) is 0 Å². The Balaban J connectivity index is 1.62. The van der Waals surface area contributed by atoms with Gasteiger partial charge in [0.05, 0.1) is 6.61 Å². The minimum absolute atomic E-state index is 0.0518. The van der Waals surface area contributed by atoms with Crippen molar-refractivity contribution in [2.24, 2.45) is 0 Å². The summed E-state index contributed by atoms with van der Waals surface area (Å²) in [7, 11) is 0. The van der Waals surface area contributed by atoms with Gasteiger partial charge in [-0.05, 0) is 62.4 Å². The number of carbonyl (C=O) groups is 1. The van der Waals surface area contributed by atoms with Crippen molar-refractivity contribution in [3.05, 3.63) is 59.7 Å². The van der Waals surface area contributed by atoms with E-state index in [-0.39, 0.29) is 12.6 Å².